The van der Waals surface area contributed by atoms with E-state index >= 15 is 0 Å². The van der Waals surface area contributed by atoms with Crippen molar-refractivity contribution >= 4 is 29.3 Å². The molecule has 26 heavy (non-hydrogen) atoms. The minimum Gasteiger partial charge on any atom is -0.324 e. The predicted molar refractivity (Wildman–Crippen MR) is 105 cm³/mol. The summed E-state index contributed by atoms with van der Waals surface area (Å²) < 4.78 is 0. The van der Waals surface area contributed by atoms with E-state index in [-0.39, 0.29) is 22.7 Å². The molecule has 4 nitrogen and oxygen atoms in total. The summed E-state index contributed by atoms with van der Waals surface area (Å²) in [4.78, 5) is 26.8. The summed E-state index contributed by atoms with van der Waals surface area (Å²) in [6, 6.07) is 17.7. The first-order valence-corrected chi connectivity index (χ1v) is 9.94. The van der Waals surface area contributed by atoms with Gasteiger partial charge in [0.25, 0.3) is 0 Å². The second-order valence-corrected chi connectivity index (χ2v) is 8.58. The maximum atomic E-state index is 12.9. The predicted octanol–water partition coefficient (Wildman–Crippen LogP) is 3.67. The summed E-state index contributed by atoms with van der Waals surface area (Å²) in [6.07, 6.45) is 2.12. The molecular weight excluding hydrogens is 344 g/mol. The summed E-state index contributed by atoms with van der Waals surface area (Å²) in [5.74, 6) is 0.668. The molecule has 4 rings (SSSR count). The monoisotopic (exact) mass is 366 g/mol. The molecule has 2 aliphatic heterocycles. The second kappa shape index (κ2) is 6.80. The van der Waals surface area contributed by atoms with Gasteiger partial charge in [-0.05, 0) is 37.0 Å². The molecule has 5 heteroatoms. The van der Waals surface area contributed by atoms with Crippen molar-refractivity contribution in [2.24, 2.45) is 0 Å². The number of nitrogens with one attached hydrogen (secondary N) is 1. The molecule has 134 valence electrons. The van der Waals surface area contributed by atoms with E-state index in [0.29, 0.717) is 12.2 Å². The van der Waals surface area contributed by atoms with Gasteiger partial charge in [0.1, 0.15) is 6.04 Å². The van der Waals surface area contributed by atoms with E-state index < -0.39 is 0 Å². The quantitative estimate of drug-likeness (QED) is 0.898. The van der Waals surface area contributed by atoms with Crippen LogP contribution in [0.2, 0.25) is 0 Å². The number of carbonyl (C=O) groups excluding carboxylic acids is 2. The van der Waals surface area contributed by atoms with Gasteiger partial charge in [0.2, 0.25) is 11.8 Å². The first-order valence-electron chi connectivity index (χ1n) is 8.96. The SMILES string of the molecule is C[C@]12CCC(=O)N1[C@H](C(=O)Nc1ccccc1Cc1ccccc1)CS2. The van der Waals surface area contributed by atoms with Crippen LogP contribution < -0.4 is 5.32 Å². The average molecular weight is 366 g/mol. The van der Waals surface area contributed by atoms with E-state index in [1.165, 1.54) is 5.56 Å². The lowest BCUT2D eigenvalue weighted by molar-refractivity contribution is -0.135. The first-order chi connectivity index (χ1) is 12.6. The molecule has 1 N–H and O–H groups in total. The van der Waals surface area contributed by atoms with Crippen molar-refractivity contribution in [2.45, 2.75) is 37.1 Å². The van der Waals surface area contributed by atoms with Crippen LogP contribution in [0, 0.1) is 0 Å². The Balaban J connectivity index is 1.53. The maximum Gasteiger partial charge on any atom is 0.248 e. The Bertz CT molecular complexity index is 839. The van der Waals surface area contributed by atoms with Crippen molar-refractivity contribution in [1.29, 1.82) is 0 Å². The van der Waals surface area contributed by atoms with Gasteiger partial charge in [-0.1, -0.05) is 48.5 Å². The lowest BCUT2D eigenvalue weighted by atomic mass is 10.0. The molecule has 2 fully saturated rings. The van der Waals surface area contributed by atoms with Gasteiger partial charge >= 0.3 is 0 Å². The molecule has 0 spiro atoms. The fourth-order valence-electron chi connectivity index (χ4n) is 3.84. The Labute approximate surface area is 158 Å². The summed E-state index contributed by atoms with van der Waals surface area (Å²) in [7, 11) is 0. The van der Waals surface area contributed by atoms with Crippen LogP contribution >= 0.6 is 11.8 Å². The number of para-hydroxylation sites is 1. The van der Waals surface area contributed by atoms with E-state index in [1.54, 1.807) is 16.7 Å². The Morgan fingerprint density at radius 3 is 2.73 bits per heavy atom. The minimum absolute atomic E-state index is 0.0861. The van der Waals surface area contributed by atoms with Crippen LogP contribution in [-0.4, -0.2) is 33.4 Å². The van der Waals surface area contributed by atoms with E-state index in [2.05, 4.69) is 24.4 Å². The van der Waals surface area contributed by atoms with Crippen molar-refractivity contribution in [3.8, 4) is 0 Å². The van der Waals surface area contributed by atoms with Crippen molar-refractivity contribution < 1.29 is 9.59 Å². The van der Waals surface area contributed by atoms with Crippen LogP contribution in [-0.2, 0) is 16.0 Å². The molecule has 2 saturated heterocycles. The average Bonchev–Trinajstić information content (AvgIpc) is 3.14. The van der Waals surface area contributed by atoms with Crippen LogP contribution in [0.15, 0.2) is 54.6 Å². The van der Waals surface area contributed by atoms with Gasteiger partial charge in [0.05, 0.1) is 4.87 Å². The van der Waals surface area contributed by atoms with Crippen LogP contribution in [0.3, 0.4) is 0 Å². The number of hydrogen-bond donors (Lipinski definition) is 1. The van der Waals surface area contributed by atoms with Crippen LogP contribution in [0.25, 0.3) is 0 Å². The molecule has 0 radical (unpaired) electrons. The molecule has 2 aromatic rings. The van der Waals surface area contributed by atoms with Crippen molar-refractivity contribution in [3.05, 3.63) is 65.7 Å². The third-order valence-electron chi connectivity index (χ3n) is 5.26. The van der Waals surface area contributed by atoms with Gasteiger partial charge in [0.15, 0.2) is 0 Å². The van der Waals surface area contributed by atoms with Gasteiger partial charge < -0.3 is 10.2 Å². The van der Waals surface area contributed by atoms with Crippen LogP contribution in [0.5, 0.6) is 0 Å². The fourth-order valence-corrected chi connectivity index (χ4v) is 5.27. The summed E-state index contributed by atoms with van der Waals surface area (Å²) in [5, 5.41) is 3.08. The van der Waals surface area contributed by atoms with Crippen LogP contribution in [0.4, 0.5) is 5.69 Å². The maximum absolute atomic E-state index is 12.9. The molecule has 0 bridgehead atoms. The second-order valence-electron chi connectivity index (χ2n) is 7.07. The summed E-state index contributed by atoms with van der Waals surface area (Å²) in [5.41, 5.74) is 3.10. The number of carbonyl (C=O) groups is 2. The van der Waals surface area contributed by atoms with Gasteiger partial charge in [-0.25, -0.2) is 0 Å². The molecule has 0 unspecified atom stereocenters. The highest BCUT2D eigenvalue weighted by Crippen LogP contribution is 2.47. The van der Waals surface area contributed by atoms with Crippen LogP contribution in [0.1, 0.15) is 30.9 Å². The zero-order chi connectivity index (χ0) is 18.1. The highest BCUT2D eigenvalue weighted by molar-refractivity contribution is 8.01. The Morgan fingerprint density at radius 2 is 1.92 bits per heavy atom. The zero-order valence-corrected chi connectivity index (χ0v) is 15.6. The number of rotatable bonds is 4. The number of amides is 2. The number of nitrogens with zero attached hydrogens (tertiary/aromatic N) is 1. The highest BCUT2D eigenvalue weighted by Gasteiger charge is 2.52. The molecule has 2 amide bonds. The summed E-state index contributed by atoms with van der Waals surface area (Å²) >= 11 is 1.72. The van der Waals surface area contributed by atoms with E-state index in [1.807, 2.05) is 42.5 Å². The number of benzene rings is 2. The van der Waals surface area contributed by atoms with Gasteiger partial charge in [-0.15, -0.1) is 11.8 Å². The highest BCUT2D eigenvalue weighted by atomic mass is 32.2. The lowest BCUT2D eigenvalue weighted by Crippen LogP contribution is -2.48. The lowest BCUT2D eigenvalue weighted by Gasteiger charge is -2.30. The smallest absolute Gasteiger partial charge is 0.248 e. The molecule has 0 aliphatic carbocycles. The Hall–Kier alpha value is -2.27. The number of fused-ring (bicyclic) bond motifs is 1. The molecule has 2 heterocycles. The van der Waals surface area contributed by atoms with Crippen molar-refractivity contribution in [3.63, 3.8) is 0 Å². The molecule has 0 aromatic heterocycles. The van der Waals surface area contributed by atoms with E-state index in [4.69, 9.17) is 0 Å². The largest absolute Gasteiger partial charge is 0.324 e. The number of anilines is 1. The molecule has 0 saturated carbocycles. The molecule has 2 atom stereocenters. The van der Waals surface area contributed by atoms with Gasteiger partial charge in [0, 0.05) is 17.9 Å². The fraction of sp³-hybridized carbons (Fsp3) is 0.333. The normalized spacial score (nSPS) is 24.6. The Kier molecular flexibility index (Phi) is 4.49. The van der Waals surface area contributed by atoms with Gasteiger partial charge in [-0.2, -0.15) is 0 Å². The topological polar surface area (TPSA) is 49.4 Å². The molecule has 2 aliphatic rings. The van der Waals surface area contributed by atoms with E-state index in [9.17, 15) is 9.59 Å². The summed E-state index contributed by atoms with van der Waals surface area (Å²) in [6.45, 7) is 2.07. The first kappa shape index (κ1) is 17.2. The third kappa shape index (κ3) is 3.12. The van der Waals surface area contributed by atoms with Crippen molar-refractivity contribution in [1.82, 2.24) is 4.90 Å². The van der Waals surface area contributed by atoms with Gasteiger partial charge in [-0.3, -0.25) is 9.59 Å². The standard InChI is InChI=1S/C21H22N2O2S/c1-21-12-11-19(24)23(21)18(14-26-21)20(25)22-17-10-6-5-9-16(17)13-15-7-3-2-4-8-15/h2-10,18H,11-14H2,1H3,(H,22,25)/t18-,21-/m0/s1. The number of thioether (sulfide) groups is 1. The molecule has 2 aromatic carbocycles. The zero-order valence-electron chi connectivity index (χ0n) is 14.8. The third-order valence-corrected chi connectivity index (χ3v) is 6.77. The van der Waals surface area contributed by atoms with Crippen molar-refractivity contribution in [2.75, 3.05) is 11.1 Å². The minimum atomic E-state index is -0.384. The number of hydrogen-bond acceptors (Lipinski definition) is 3. The van der Waals surface area contributed by atoms with E-state index in [0.717, 1.165) is 24.1 Å². The Morgan fingerprint density at radius 1 is 1.19 bits per heavy atom. The molecular formula is C21H22N2O2S.